The van der Waals surface area contributed by atoms with Gasteiger partial charge in [-0.1, -0.05) is 18.2 Å². The number of para-hydroxylation sites is 1. The summed E-state index contributed by atoms with van der Waals surface area (Å²) in [5.41, 5.74) is 4.62. The number of hydrogen-bond donors (Lipinski definition) is 2. The molecule has 154 valence electrons. The van der Waals surface area contributed by atoms with Crippen LogP contribution >= 0.6 is 11.3 Å². The average Bonchev–Trinajstić information content (AvgIpc) is 3.18. The highest BCUT2D eigenvalue weighted by Gasteiger charge is 2.18. The Morgan fingerprint density at radius 1 is 1.23 bits per heavy atom. The van der Waals surface area contributed by atoms with Gasteiger partial charge in [0.2, 0.25) is 0 Å². The first-order valence-electron chi connectivity index (χ1n) is 9.74. The number of nitriles is 1. The zero-order valence-electron chi connectivity index (χ0n) is 17.3. The molecule has 6 nitrogen and oxygen atoms in total. The molecular formula is C24H20N4O2S. The predicted octanol–water partition coefficient (Wildman–Crippen LogP) is 5.72. The van der Waals surface area contributed by atoms with Crippen LogP contribution in [0.25, 0.3) is 21.3 Å². The van der Waals surface area contributed by atoms with E-state index in [1.807, 2.05) is 32.9 Å². The van der Waals surface area contributed by atoms with Crippen molar-refractivity contribution in [1.82, 2.24) is 9.97 Å². The minimum atomic E-state index is -0.979. The van der Waals surface area contributed by atoms with E-state index in [0.717, 1.165) is 37.5 Å². The Morgan fingerprint density at radius 2 is 2.00 bits per heavy atom. The fraction of sp³-hybridized carbons (Fsp3) is 0.167. The molecule has 2 aromatic carbocycles. The van der Waals surface area contributed by atoms with E-state index in [0.29, 0.717) is 11.4 Å². The van der Waals surface area contributed by atoms with Crippen LogP contribution in [0.5, 0.6) is 0 Å². The summed E-state index contributed by atoms with van der Waals surface area (Å²) in [5, 5.41) is 24.3. The second-order valence-electron chi connectivity index (χ2n) is 7.38. The van der Waals surface area contributed by atoms with Crippen LogP contribution in [0.2, 0.25) is 0 Å². The Balaban J connectivity index is 1.86. The molecule has 0 fully saturated rings. The number of aryl methyl sites for hydroxylation is 2. The fourth-order valence-electron chi connectivity index (χ4n) is 3.67. The van der Waals surface area contributed by atoms with E-state index < -0.39 is 5.97 Å². The first kappa shape index (κ1) is 20.5. The van der Waals surface area contributed by atoms with Crippen LogP contribution < -0.4 is 5.32 Å². The molecule has 0 aliphatic heterocycles. The Bertz CT molecular complexity index is 1350. The molecule has 31 heavy (non-hydrogen) atoms. The summed E-state index contributed by atoms with van der Waals surface area (Å²) in [6.07, 6.45) is 1.77. The Labute approximate surface area is 183 Å². The molecule has 0 aliphatic carbocycles. The molecule has 0 saturated carbocycles. The van der Waals surface area contributed by atoms with Crippen molar-refractivity contribution in [3.63, 3.8) is 0 Å². The van der Waals surface area contributed by atoms with Gasteiger partial charge in [-0.15, -0.1) is 11.3 Å². The Morgan fingerprint density at radius 3 is 2.68 bits per heavy atom. The maximum Gasteiger partial charge on any atom is 0.337 e. The summed E-state index contributed by atoms with van der Waals surface area (Å²) in [5.74, 6) is -0.979. The van der Waals surface area contributed by atoms with Crippen LogP contribution in [0.3, 0.4) is 0 Å². The number of fused-ring (bicyclic) bond motifs is 1. The van der Waals surface area contributed by atoms with Gasteiger partial charge in [-0.05, 0) is 56.2 Å². The van der Waals surface area contributed by atoms with E-state index in [9.17, 15) is 15.2 Å². The number of hydrogen-bond acceptors (Lipinski definition) is 6. The van der Waals surface area contributed by atoms with Gasteiger partial charge in [0.05, 0.1) is 21.0 Å². The van der Waals surface area contributed by atoms with Crippen LogP contribution in [-0.4, -0.2) is 21.0 Å². The number of aromatic nitrogens is 2. The molecule has 0 radical (unpaired) electrons. The fourth-order valence-corrected chi connectivity index (χ4v) is 4.47. The lowest BCUT2D eigenvalue weighted by Gasteiger charge is -2.20. The third kappa shape index (κ3) is 3.98. The van der Waals surface area contributed by atoms with Gasteiger partial charge in [-0.25, -0.2) is 14.8 Å². The molecule has 4 aromatic rings. The van der Waals surface area contributed by atoms with E-state index in [1.54, 1.807) is 30.5 Å². The third-order valence-corrected chi connectivity index (χ3v) is 6.05. The number of carboxylic acid groups (broad SMARTS) is 1. The van der Waals surface area contributed by atoms with Crippen molar-refractivity contribution >= 4 is 33.9 Å². The largest absolute Gasteiger partial charge is 0.478 e. The molecule has 4 rings (SSSR count). The smallest absolute Gasteiger partial charge is 0.337 e. The van der Waals surface area contributed by atoms with Gasteiger partial charge >= 0.3 is 5.97 Å². The lowest BCUT2D eigenvalue weighted by Crippen LogP contribution is -2.11. The number of thiazole rings is 1. The van der Waals surface area contributed by atoms with E-state index in [-0.39, 0.29) is 11.6 Å². The van der Waals surface area contributed by atoms with Gasteiger partial charge in [0, 0.05) is 28.9 Å². The maximum absolute atomic E-state index is 11.6. The number of carbonyl (C=O) groups is 1. The molecule has 2 N–H and O–H groups in total. The average molecular weight is 429 g/mol. The van der Waals surface area contributed by atoms with Crippen LogP contribution in [0.15, 0.2) is 48.7 Å². The quantitative estimate of drug-likeness (QED) is 0.422. The summed E-state index contributed by atoms with van der Waals surface area (Å²) in [4.78, 5) is 21.4. The summed E-state index contributed by atoms with van der Waals surface area (Å²) >= 11 is 1.52. The number of benzene rings is 2. The molecule has 0 spiro atoms. The molecule has 0 unspecified atom stereocenters. The number of anilines is 1. The second-order valence-corrected chi connectivity index (χ2v) is 8.61. The van der Waals surface area contributed by atoms with E-state index in [2.05, 4.69) is 27.4 Å². The molecule has 2 heterocycles. The summed E-state index contributed by atoms with van der Waals surface area (Å²) in [7, 11) is 0. The van der Waals surface area contributed by atoms with Gasteiger partial charge in [-0.2, -0.15) is 5.26 Å². The molecule has 2 aromatic heterocycles. The minimum absolute atomic E-state index is 0.186. The van der Waals surface area contributed by atoms with Crippen molar-refractivity contribution in [2.75, 3.05) is 5.32 Å². The van der Waals surface area contributed by atoms with E-state index in [1.165, 1.54) is 11.3 Å². The Kier molecular flexibility index (Phi) is 5.40. The number of rotatable bonds is 5. The highest BCUT2D eigenvalue weighted by molar-refractivity contribution is 7.15. The third-order valence-electron chi connectivity index (χ3n) is 5.10. The second kappa shape index (κ2) is 8.17. The standard InChI is InChI=1S/C24H20N4O2S/c1-13-8-17(14(2)27-20-7-5-4-6-16(20)24(29)30)18-10-19(23-12-26-15(3)31-23)22(11-25)28-21(18)9-13/h4-10,12,14,27H,1-3H3,(H,29,30)/t14-/m1/s1. The van der Waals surface area contributed by atoms with Gasteiger partial charge in [-0.3, -0.25) is 0 Å². The van der Waals surface area contributed by atoms with Crippen molar-refractivity contribution in [2.45, 2.75) is 26.8 Å². The predicted molar refractivity (Wildman–Crippen MR) is 122 cm³/mol. The van der Waals surface area contributed by atoms with Crippen molar-refractivity contribution in [3.05, 3.63) is 76.1 Å². The molecular weight excluding hydrogens is 408 g/mol. The molecule has 7 heteroatoms. The topological polar surface area (TPSA) is 98.9 Å². The van der Waals surface area contributed by atoms with Crippen LogP contribution in [0, 0.1) is 25.2 Å². The van der Waals surface area contributed by atoms with Crippen molar-refractivity contribution in [3.8, 4) is 16.5 Å². The van der Waals surface area contributed by atoms with Crippen molar-refractivity contribution < 1.29 is 9.90 Å². The maximum atomic E-state index is 11.6. The van der Waals surface area contributed by atoms with Crippen molar-refractivity contribution in [2.24, 2.45) is 0 Å². The van der Waals surface area contributed by atoms with Gasteiger partial charge < -0.3 is 10.4 Å². The monoisotopic (exact) mass is 428 g/mol. The minimum Gasteiger partial charge on any atom is -0.478 e. The first-order valence-corrected chi connectivity index (χ1v) is 10.6. The summed E-state index contributed by atoms with van der Waals surface area (Å²) in [6, 6.07) is 14.9. The molecule has 0 bridgehead atoms. The van der Waals surface area contributed by atoms with Crippen LogP contribution in [0.4, 0.5) is 5.69 Å². The van der Waals surface area contributed by atoms with Gasteiger partial charge in [0.15, 0.2) is 0 Å². The van der Waals surface area contributed by atoms with Gasteiger partial charge in [0.25, 0.3) is 0 Å². The highest BCUT2D eigenvalue weighted by Crippen LogP contribution is 2.35. The lowest BCUT2D eigenvalue weighted by molar-refractivity contribution is 0.0698. The zero-order chi connectivity index (χ0) is 22.1. The van der Waals surface area contributed by atoms with Crippen LogP contribution in [-0.2, 0) is 0 Å². The van der Waals surface area contributed by atoms with Crippen LogP contribution in [0.1, 0.15) is 45.2 Å². The molecule has 0 aliphatic rings. The van der Waals surface area contributed by atoms with E-state index >= 15 is 0 Å². The van der Waals surface area contributed by atoms with Crippen molar-refractivity contribution in [1.29, 1.82) is 5.26 Å². The number of pyridine rings is 1. The SMILES string of the molecule is Cc1cc([C@@H](C)Nc2ccccc2C(=O)O)c2cc(-c3cnc(C)s3)c(C#N)nc2c1. The normalized spacial score (nSPS) is 11.8. The number of nitrogens with one attached hydrogen (secondary N) is 1. The number of aromatic carboxylic acids is 1. The Hall–Kier alpha value is -3.76. The lowest BCUT2D eigenvalue weighted by atomic mass is 9.97. The summed E-state index contributed by atoms with van der Waals surface area (Å²) < 4.78 is 0. The highest BCUT2D eigenvalue weighted by atomic mass is 32.1. The van der Waals surface area contributed by atoms with Gasteiger partial charge in [0.1, 0.15) is 11.8 Å². The molecule has 0 saturated heterocycles. The summed E-state index contributed by atoms with van der Waals surface area (Å²) in [6.45, 7) is 5.89. The first-order chi connectivity index (χ1) is 14.9. The molecule has 1 atom stereocenters. The number of nitrogens with zero attached hydrogens (tertiary/aromatic N) is 3. The molecule has 0 amide bonds. The van der Waals surface area contributed by atoms with E-state index in [4.69, 9.17) is 0 Å². The zero-order valence-corrected chi connectivity index (χ0v) is 18.1. The number of carboxylic acids is 1.